The minimum Gasteiger partial charge on any atom is -0.385 e. The van der Waals surface area contributed by atoms with E-state index in [0.29, 0.717) is 6.42 Å². The smallest absolute Gasteiger partial charge is 0.146 e. The lowest BCUT2D eigenvalue weighted by molar-refractivity contribution is 0.111. The summed E-state index contributed by atoms with van der Waals surface area (Å²) >= 11 is 0. The molecule has 68 valence electrons. The molecule has 1 aliphatic carbocycles. The van der Waals surface area contributed by atoms with E-state index < -0.39 is 5.60 Å². The highest BCUT2D eigenvalue weighted by Gasteiger charge is 2.39. The van der Waals surface area contributed by atoms with E-state index in [0.717, 1.165) is 17.5 Å². The fourth-order valence-corrected chi connectivity index (χ4v) is 1.87. The Labute approximate surface area is 76.7 Å². The van der Waals surface area contributed by atoms with Crippen LogP contribution in [0.4, 0.5) is 0 Å². The van der Waals surface area contributed by atoms with Crippen LogP contribution >= 0.6 is 0 Å². The molecule has 3 heteroatoms. The minimum absolute atomic E-state index is 0.155. The van der Waals surface area contributed by atoms with Gasteiger partial charge in [0.15, 0.2) is 0 Å². The van der Waals surface area contributed by atoms with Gasteiger partial charge in [-0.15, -0.1) is 0 Å². The number of benzene rings is 1. The number of hydrogen-bond donors (Lipinski definition) is 3. The lowest BCUT2D eigenvalue weighted by Gasteiger charge is -2.21. The molecule has 0 spiro atoms. The second kappa shape index (κ2) is 2.57. The van der Waals surface area contributed by atoms with Crippen LogP contribution in [-0.2, 0) is 12.0 Å². The number of rotatable bonds is 1. The maximum Gasteiger partial charge on any atom is 0.146 e. The summed E-state index contributed by atoms with van der Waals surface area (Å²) in [5, 5.41) is 17.4. The fraction of sp³-hybridized carbons (Fsp3) is 0.300. The van der Waals surface area contributed by atoms with Gasteiger partial charge in [0.25, 0.3) is 0 Å². The van der Waals surface area contributed by atoms with Crippen molar-refractivity contribution in [1.82, 2.24) is 0 Å². The molecule has 3 nitrogen and oxygen atoms in total. The van der Waals surface area contributed by atoms with Crippen LogP contribution in [0.3, 0.4) is 0 Å². The minimum atomic E-state index is -1.21. The second-order valence-corrected chi connectivity index (χ2v) is 3.43. The molecular weight excluding hydrogens is 164 g/mol. The predicted octanol–water partition coefficient (Wildman–Crippen LogP) is 0.756. The molecule has 1 aliphatic rings. The highest BCUT2D eigenvalue weighted by Crippen LogP contribution is 2.36. The van der Waals surface area contributed by atoms with Gasteiger partial charge in [-0.25, -0.2) is 0 Å². The third kappa shape index (κ3) is 1.04. The van der Waals surface area contributed by atoms with E-state index in [1.807, 2.05) is 24.3 Å². The number of nitrogens with two attached hydrogens (primary N) is 1. The lowest BCUT2D eigenvalue weighted by atomic mass is 9.95. The van der Waals surface area contributed by atoms with Gasteiger partial charge in [0.1, 0.15) is 11.4 Å². The van der Waals surface area contributed by atoms with Crippen LogP contribution in [0.5, 0.6) is 0 Å². The average Bonchev–Trinajstić information content (AvgIpc) is 2.47. The topological polar surface area (TPSA) is 70.1 Å². The zero-order valence-corrected chi connectivity index (χ0v) is 7.25. The Hall–Kier alpha value is -1.35. The summed E-state index contributed by atoms with van der Waals surface area (Å²) in [5.74, 6) is -0.155. The van der Waals surface area contributed by atoms with Crippen LogP contribution in [0.15, 0.2) is 24.3 Å². The van der Waals surface area contributed by atoms with Crippen LogP contribution < -0.4 is 5.73 Å². The van der Waals surface area contributed by atoms with E-state index in [2.05, 4.69) is 0 Å². The summed E-state index contributed by atoms with van der Waals surface area (Å²) in [4.78, 5) is 0. The van der Waals surface area contributed by atoms with Crippen LogP contribution in [0.2, 0.25) is 0 Å². The normalized spacial score (nSPS) is 25.6. The van der Waals surface area contributed by atoms with Crippen molar-refractivity contribution in [2.45, 2.75) is 18.4 Å². The summed E-state index contributed by atoms with van der Waals surface area (Å²) in [6.07, 6.45) is 1.33. The van der Waals surface area contributed by atoms with Gasteiger partial charge in [0.05, 0.1) is 0 Å². The molecule has 1 unspecified atom stereocenters. The molecule has 0 radical (unpaired) electrons. The van der Waals surface area contributed by atoms with E-state index in [9.17, 15) is 5.11 Å². The van der Waals surface area contributed by atoms with Crippen molar-refractivity contribution in [3.63, 3.8) is 0 Å². The molecule has 0 saturated carbocycles. The van der Waals surface area contributed by atoms with E-state index >= 15 is 0 Å². The summed E-state index contributed by atoms with van der Waals surface area (Å²) < 4.78 is 0. The average molecular weight is 176 g/mol. The fourth-order valence-electron chi connectivity index (χ4n) is 1.87. The Morgan fingerprint density at radius 1 is 1.46 bits per heavy atom. The van der Waals surface area contributed by atoms with Crippen molar-refractivity contribution >= 4 is 5.84 Å². The van der Waals surface area contributed by atoms with Gasteiger partial charge in [-0.3, -0.25) is 5.41 Å². The highest BCUT2D eigenvalue weighted by molar-refractivity contribution is 5.88. The molecule has 0 heterocycles. The van der Waals surface area contributed by atoms with Crippen LogP contribution in [0, 0.1) is 5.41 Å². The lowest BCUT2D eigenvalue weighted by Crippen LogP contribution is -2.38. The van der Waals surface area contributed by atoms with Crippen molar-refractivity contribution in [2.75, 3.05) is 0 Å². The number of hydrogen-bond acceptors (Lipinski definition) is 2. The largest absolute Gasteiger partial charge is 0.385 e. The first kappa shape index (κ1) is 8.26. The second-order valence-electron chi connectivity index (χ2n) is 3.43. The maximum absolute atomic E-state index is 10.1. The zero-order chi connectivity index (χ0) is 9.47. The van der Waals surface area contributed by atoms with E-state index in [1.54, 1.807) is 0 Å². The molecule has 0 fully saturated rings. The molecule has 0 aliphatic heterocycles. The summed E-state index contributed by atoms with van der Waals surface area (Å²) in [7, 11) is 0. The maximum atomic E-state index is 10.1. The number of aliphatic hydroxyl groups is 1. The molecule has 1 aromatic carbocycles. The number of aryl methyl sites for hydroxylation is 1. The van der Waals surface area contributed by atoms with Gasteiger partial charge in [0, 0.05) is 0 Å². The summed E-state index contributed by atoms with van der Waals surface area (Å²) in [6, 6.07) is 7.60. The molecule has 0 saturated heterocycles. The molecule has 0 bridgehead atoms. The molecule has 4 N–H and O–H groups in total. The predicted molar refractivity (Wildman–Crippen MR) is 50.6 cm³/mol. The molecule has 2 rings (SSSR count). The quantitative estimate of drug-likeness (QED) is 0.436. The molecule has 0 aromatic heterocycles. The van der Waals surface area contributed by atoms with Gasteiger partial charge >= 0.3 is 0 Å². The Morgan fingerprint density at radius 3 is 2.85 bits per heavy atom. The van der Waals surface area contributed by atoms with E-state index in [-0.39, 0.29) is 5.84 Å². The number of amidine groups is 1. The SMILES string of the molecule is N=C(N)C1(O)CCc2ccccc21. The van der Waals surface area contributed by atoms with Gasteiger partial charge in [-0.1, -0.05) is 24.3 Å². The molecular formula is C10H12N2O. The first-order chi connectivity index (χ1) is 6.14. The first-order valence-corrected chi connectivity index (χ1v) is 4.30. The third-order valence-electron chi connectivity index (χ3n) is 2.66. The van der Waals surface area contributed by atoms with Crippen molar-refractivity contribution < 1.29 is 5.11 Å². The van der Waals surface area contributed by atoms with Gasteiger partial charge in [0.2, 0.25) is 0 Å². The van der Waals surface area contributed by atoms with Crippen molar-refractivity contribution in [1.29, 1.82) is 5.41 Å². The van der Waals surface area contributed by atoms with Crippen molar-refractivity contribution in [2.24, 2.45) is 5.73 Å². The van der Waals surface area contributed by atoms with Gasteiger partial charge in [-0.05, 0) is 24.0 Å². The zero-order valence-electron chi connectivity index (χ0n) is 7.25. The monoisotopic (exact) mass is 176 g/mol. The number of nitrogens with one attached hydrogen (secondary N) is 1. The molecule has 0 amide bonds. The molecule has 1 atom stereocenters. The Morgan fingerprint density at radius 2 is 2.15 bits per heavy atom. The van der Waals surface area contributed by atoms with Crippen LogP contribution in [-0.4, -0.2) is 10.9 Å². The Kier molecular flexibility index (Phi) is 1.63. The highest BCUT2D eigenvalue weighted by atomic mass is 16.3. The van der Waals surface area contributed by atoms with Crippen molar-refractivity contribution in [3.8, 4) is 0 Å². The Bertz CT molecular complexity index is 362. The Balaban J connectivity index is 2.55. The third-order valence-corrected chi connectivity index (χ3v) is 2.66. The van der Waals surface area contributed by atoms with Crippen LogP contribution in [0.25, 0.3) is 0 Å². The van der Waals surface area contributed by atoms with E-state index in [4.69, 9.17) is 11.1 Å². The number of fused-ring (bicyclic) bond motifs is 1. The summed E-state index contributed by atoms with van der Waals surface area (Å²) in [5.41, 5.74) is 6.06. The van der Waals surface area contributed by atoms with Gasteiger partial charge < -0.3 is 10.8 Å². The van der Waals surface area contributed by atoms with Crippen molar-refractivity contribution in [3.05, 3.63) is 35.4 Å². The van der Waals surface area contributed by atoms with Gasteiger partial charge in [-0.2, -0.15) is 0 Å². The summed E-state index contributed by atoms with van der Waals surface area (Å²) in [6.45, 7) is 0. The molecule has 1 aromatic rings. The molecule has 13 heavy (non-hydrogen) atoms. The van der Waals surface area contributed by atoms with E-state index in [1.165, 1.54) is 0 Å². The standard InChI is InChI=1S/C10H12N2O/c11-9(12)10(13)6-5-7-3-1-2-4-8(7)10/h1-4,13H,5-6H2,(H3,11,12). The first-order valence-electron chi connectivity index (χ1n) is 4.30. The van der Waals surface area contributed by atoms with Crippen LogP contribution in [0.1, 0.15) is 17.5 Å².